The number of anilines is 1. The number of aromatic nitrogens is 3. The number of aryl methyl sites for hydroxylation is 1. The predicted octanol–water partition coefficient (Wildman–Crippen LogP) is 6.39. The molecule has 0 unspecified atom stereocenters. The number of imidazole rings is 1. The molecule has 0 saturated heterocycles. The number of rotatable bonds is 8. The molecule has 0 radical (unpaired) electrons. The quantitative estimate of drug-likeness (QED) is 0.250. The second-order valence-corrected chi connectivity index (χ2v) is 10.1. The first-order chi connectivity index (χ1) is 18.1. The van der Waals surface area contributed by atoms with E-state index in [0.29, 0.717) is 16.8 Å². The Morgan fingerprint density at radius 3 is 2.66 bits per heavy atom. The van der Waals surface area contributed by atoms with Crippen molar-refractivity contribution in [2.75, 3.05) is 11.9 Å². The van der Waals surface area contributed by atoms with Gasteiger partial charge < -0.3 is 10.6 Å². The van der Waals surface area contributed by atoms with Crippen LogP contribution >= 0.6 is 11.8 Å². The molecule has 2 aromatic heterocycles. The van der Waals surface area contributed by atoms with Gasteiger partial charge in [-0.2, -0.15) is 18.3 Å². The summed E-state index contributed by atoms with van der Waals surface area (Å²) in [5, 5.41) is 10.4. The zero-order valence-electron chi connectivity index (χ0n) is 20.1. The fourth-order valence-electron chi connectivity index (χ4n) is 3.91. The van der Waals surface area contributed by atoms with Gasteiger partial charge in [0.05, 0.1) is 28.9 Å². The minimum Gasteiger partial charge on any atom is -0.382 e. The molecule has 2 heterocycles. The van der Waals surface area contributed by atoms with Crippen molar-refractivity contribution < 1.29 is 26.7 Å². The van der Waals surface area contributed by atoms with Crippen molar-refractivity contribution in [1.29, 1.82) is 0 Å². The van der Waals surface area contributed by atoms with Crippen LogP contribution in [0.25, 0.3) is 16.9 Å². The van der Waals surface area contributed by atoms with E-state index in [0.717, 1.165) is 36.2 Å². The van der Waals surface area contributed by atoms with Gasteiger partial charge in [0.2, 0.25) is 0 Å². The standard InChI is InChI=1S/C26H22F5N5OS/c1-14-11-15(5-8-17(14)25(37)34-16-6-7-16)20-13-33-24-19(32-10-9-26(29,30)31)12-22(35-36(20)24)38-21-4-2-3-18(27)23(21)28/h2-5,8,11-13,16,32H,6-7,9-10H2,1H3,(H,34,37). The molecule has 0 atom stereocenters. The molecule has 0 bridgehead atoms. The molecule has 0 aliphatic heterocycles. The summed E-state index contributed by atoms with van der Waals surface area (Å²) in [6.45, 7) is 1.40. The Hall–Kier alpha value is -3.67. The van der Waals surface area contributed by atoms with Crippen LogP contribution in [-0.4, -0.2) is 39.3 Å². The van der Waals surface area contributed by atoms with E-state index in [1.165, 1.54) is 28.9 Å². The van der Waals surface area contributed by atoms with Crippen LogP contribution in [0.1, 0.15) is 35.2 Å². The first-order valence-electron chi connectivity index (χ1n) is 11.8. The van der Waals surface area contributed by atoms with Gasteiger partial charge in [-0.1, -0.05) is 23.9 Å². The van der Waals surface area contributed by atoms with Gasteiger partial charge in [0.1, 0.15) is 5.03 Å². The first-order valence-corrected chi connectivity index (χ1v) is 12.6. The van der Waals surface area contributed by atoms with Crippen molar-refractivity contribution >= 4 is 29.0 Å². The monoisotopic (exact) mass is 547 g/mol. The van der Waals surface area contributed by atoms with Gasteiger partial charge in [0.25, 0.3) is 5.91 Å². The number of fused-ring (bicyclic) bond motifs is 1. The summed E-state index contributed by atoms with van der Waals surface area (Å²) in [5.41, 5.74) is 2.97. The number of hydrogen-bond donors (Lipinski definition) is 2. The molecule has 5 rings (SSSR count). The van der Waals surface area contributed by atoms with Crippen molar-refractivity contribution in [3.8, 4) is 11.3 Å². The Balaban J connectivity index is 1.53. The summed E-state index contributed by atoms with van der Waals surface area (Å²) in [6, 6.07) is 10.6. The van der Waals surface area contributed by atoms with E-state index in [1.54, 1.807) is 25.1 Å². The minimum absolute atomic E-state index is 0.0263. The molecule has 1 aliphatic carbocycles. The lowest BCUT2D eigenvalue weighted by atomic mass is 10.0. The number of nitrogens with zero attached hydrogens (tertiary/aromatic N) is 3. The van der Waals surface area contributed by atoms with Gasteiger partial charge >= 0.3 is 6.18 Å². The number of carbonyl (C=O) groups is 1. The third-order valence-corrected chi connectivity index (χ3v) is 6.92. The zero-order valence-corrected chi connectivity index (χ0v) is 20.9. The third-order valence-electron chi connectivity index (χ3n) is 5.98. The number of halogens is 5. The maximum atomic E-state index is 14.3. The van der Waals surface area contributed by atoms with E-state index in [-0.39, 0.29) is 33.2 Å². The Morgan fingerprint density at radius 1 is 1.16 bits per heavy atom. The minimum atomic E-state index is -4.36. The van der Waals surface area contributed by atoms with Crippen LogP contribution in [-0.2, 0) is 0 Å². The smallest absolute Gasteiger partial charge is 0.382 e. The summed E-state index contributed by atoms with van der Waals surface area (Å²) in [6.07, 6.45) is -1.97. The highest BCUT2D eigenvalue weighted by molar-refractivity contribution is 7.99. The molecule has 1 saturated carbocycles. The highest BCUT2D eigenvalue weighted by atomic mass is 32.2. The summed E-state index contributed by atoms with van der Waals surface area (Å²) < 4.78 is 67.8. The van der Waals surface area contributed by atoms with Crippen LogP contribution in [0.3, 0.4) is 0 Å². The Morgan fingerprint density at radius 2 is 1.95 bits per heavy atom. The largest absolute Gasteiger partial charge is 0.390 e. The van der Waals surface area contributed by atoms with Crippen molar-refractivity contribution in [2.45, 2.75) is 48.3 Å². The molecule has 0 spiro atoms. The normalized spacial score (nSPS) is 13.6. The second-order valence-electron chi connectivity index (χ2n) is 9.00. The SMILES string of the molecule is Cc1cc(-c2cnc3c(NCCC(F)(F)F)cc(Sc4cccc(F)c4F)nn23)ccc1C(=O)NC1CC1. The lowest BCUT2D eigenvalue weighted by Crippen LogP contribution is -2.26. The molecule has 198 valence electrons. The number of nitrogens with one attached hydrogen (secondary N) is 2. The molecule has 2 N–H and O–H groups in total. The average molecular weight is 548 g/mol. The lowest BCUT2D eigenvalue weighted by molar-refractivity contribution is -0.131. The fraction of sp³-hybridized carbons (Fsp3) is 0.269. The molecule has 4 aromatic rings. The van der Waals surface area contributed by atoms with Crippen molar-refractivity contribution in [3.63, 3.8) is 0 Å². The molecule has 38 heavy (non-hydrogen) atoms. The Kier molecular flexibility index (Phi) is 6.99. The highest BCUT2D eigenvalue weighted by Gasteiger charge is 2.27. The molecular weight excluding hydrogens is 525 g/mol. The third kappa shape index (κ3) is 5.74. The number of benzene rings is 2. The van der Waals surface area contributed by atoms with E-state index in [9.17, 15) is 26.7 Å². The van der Waals surface area contributed by atoms with Crippen LogP contribution in [0, 0.1) is 18.6 Å². The summed E-state index contributed by atoms with van der Waals surface area (Å²) in [7, 11) is 0. The number of alkyl halides is 3. The summed E-state index contributed by atoms with van der Waals surface area (Å²) in [5.74, 6) is -2.23. The molecule has 1 aliphatic rings. The van der Waals surface area contributed by atoms with Crippen LogP contribution in [0.15, 0.2) is 58.6 Å². The highest BCUT2D eigenvalue weighted by Crippen LogP contribution is 2.34. The van der Waals surface area contributed by atoms with Crippen LogP contribution in [0.2, 0.25) is 0 Å². The predicted molar refractivity (Wildman–Crippen MR) is 133 cm³/mol. The van der Waals surface area contributed by atoms with Gasteiger partial charge in [0, 0.05) is 23.7 Å². The summed E-state index contributed by atoms with van der Waals surface area (Å²) in [4.78, 5) is 16.9. The number of carbonyl (C=O) groups excluding carboxylic acids is 1. The molecule has 1 amide bonds. The maximum Gasteiger partial charge on any atom is 0.390 e. The van der Waals surface area contributed by atoms with E-state index in [2.05, 4.69) is 20.7 Å². The van der Waals surface area contributed by atoms with Crippen LogP contribution in [0.5, 0.6) is 0 Å². The Bertz CT molecular complexity index is 1520. The van der Waals surface area contributed by atoms with Gasteiger partial charge in [-0.3, -0.25) is 4.79 Å². The van der Waals surface area contributed by atoms with E-state index in [1.807, 2.05) is 0 Å². The van der Waals surface area contributed by atoms with Gasteiger partial charge in [-0.05, 0) is 55.7 Å². The Labute approximate surface area is 218 Å². The van der Waals surface area contributed by atoms with E-state index < -0.39 is 30.8 Å². The lowest BCUT2D eigenvalue weighted by Gasteiger charge is -2.13. The number of amides is 1. The first kappa shape index (κ1) is 26.0. The van der Waals surface area contributed by atoms with Crippen molar-refractivity contribution in [1.82, 2.24) is 19.9 Å². The molecule has 12 heteroatoms. The van der Waals surface area contributed by atoms with Crippen LogP contribution < -0.4 is 10.6 Å². The van der Waals surface area contributed by atoms with Crippen molar-refractivity contribution in [2.24, 2.45) is 0 Å². The topological polar surface area (TPSA) is 71.3 Å². The molecular formula is C26H22F5N5OS. The maximum absolute atomic E-state index is 14.3. The van der Waals surface area contributed by atoms with Crippen LogP contribution in [0.4, 0.5) is 27.6 Å². The molecule has 1 fully saturated rings. The van der Waals surface area contributed by atoms with Gasteiger partial charge in [-0.25, -0.2) is 18.3 Å². The van der Waals surface area contributed by atoms with Crippen molar-refractivity contribution in [3.05, 3.63) is 71.4 Å². The number of hydrogen-bond acceptors (Lipinski definition) is 5. The van der Waals surface area contributed by atoms with Gasteiger partial charge in [-0.15, -0.1) is 0 Å². The average Bonchev–Trinajstić information content (AvgIpc) is 3.56. The molecule has 6 nitrogen and oxygen atoms in total. The summed E-state index contributed by atoms with van der Waals surface area (Å²) >= 11 is 0.835. The molecule has 2 aromatic carbocycles. The van der Waals surface area contributed by atoms with Gasteiger partial charge in [0.15, 0.2) is 17.3 Å². The fourth-order valence-corrected chi connectivity index (χ4v) is 4.76. The van der Waals surface area contributed by atoms with E-state index >= 15 is 0 Å². The van der Waals surface area contributed by atoms with E-state index in [4.69, 9.17) is 0 Å². The second kappa shape index (κ2) is 10.2. The zero-order chi connectivity index (χ0) is 27.0.